The Morgan fingerprint density at radius 2 is 1.66 bits per heavy atom. The van der Waals surface area contributed by atoms with Gasteiger partial charge in [-0.3, -0.25) is 14.5 Å². The SMILES string of the molecule is O=C(CN(CCN1CCOCC1)C(=O)c1ccccc1F)N(Cc1ccccc1)Cc1cccs1. The lowest BCUT2D eigenvalue weighted by atomic mass is 10.1. The third-order valence-electron chi connectivity index (χ3n) is 6.00. The average Bonchev–Trinajstić information content (AvgIpc) is 3.40. The summed E-state index contributed by atoms with van der Waals surface area (Å²) in [6.45, 7) is 4.53. The van der Waals surface area contributed by atoms with Gasteiger partial charge in [0.2, 0.25) is 5.91 Å². The monoisotopic (exact) mass is 495 g/mol. The topological polar surface area (TPSA) is 53.1 Å². The zero-order chi connectivity index (χ0) is 24.5. The molecule has 0 unspecified atom stereocenters. The maximum absolute atomic E-state index is 14.5. The molecule has 1 fully saturated rings. The summed E-state index contributed by atoms with van der Waals surface area (Å²) in [5.74, 6) is -1.23. The van der Waals surface area contributed by atoms with E-state index in [1.165, 1.54) is 17.0 Å². The van der Waals surface area contributed by atoms with Gasteiger partial charge in [0.25, 0.3) is 5.91 Å². The molecule has 184 valence electrons. The van der Waals surface area contributed by atoms with E-state index in [1.54, 1.807) is 28.4 Å². The van der Waals surface area contributed by atoms with Crippen molar-refractivity contribution in [3.05, 3.63) is 93.9 Å². The lowest BCUT2D eigenvalue weighted by Crippen LogP contribution is -2.47. The van der Waals surface area contributed by atoms with E-state index in [-0.39, 0.29) is 18.0 Å². The van der Waals surface area contributed by atoms with Crippen LogP contribution in [-0.4, -0.2) is 72.5 Å². The molecule has 2 heterocycles. The Kier molecular flexibility index (Phi) is 9.00. The normalized spacial score (nSPS) is 14.0. The lowest BCUT2D eigenvalue weighted by Gasteiger charge is -2.31. The minimum atomic E-state index is -0.582. The molecule has 6 nitrogen and oxygen atoms in total. The van der Waals surface area contributed by atoms with Crippen LogP contribution < -0.4 is 0 Å². The number of nitrogens with zero attached hydrogens (tertiary/aromatic N) is 3. The van der Waals surface area contributed by atoms with Crippen LogP contribution in [0, 0.1) is 5.82 Å². The predicted molar refractivity (Wildman–Crippen MR) is 135 cm³/mol. The first kappa shape index (κ1) is 25.0. The molecule has 0 spiro atoms. The van der Waals surface area contributed by atoms with Crippen LogP contribution in [0.15, 0.2) is 72.1 Å². The molecule has 0 saturated carbocycles. The first-order valence-corrected chi connectivity index (χ1v) is 12.7. The van der Waals surface area contributed by atoms with Crippen LogP contribution in [0.3, 0.4) is 0 Å². The van der Waals surface area contributed by atoms with Crippen LogP contribution in [-0.2, 0) is 22.6 Å². The van der Waals surface area contributed by atoms with Gasteiger partial charge in [0, 0.05) is 37.6 Å². The third kappa shape index (κ3) is 7.21. The Labute approximate surface area is 209 Å². The molecule has 1 aliphatic heterocycles. The smallest absolute Gasteiger partial charge is 0.257 e. The number of carbonyl (C=O) groups excluding carboxylic acids is 2. The number of amides is 2. The van der Waals surface area contributed by atoms with Crippen molar-refractivity contribution in [2.24, 2.45) is 0 Å². The molecule has 1 aliphatic rings. The first-order valence-electron chi connectivity index (χ1n) is 11.8. The van der Waals surface area contributed by atoms with E-state index in [9.17, 15) is 14.0 Å². The van der Waals surface area contributed by atoms with Crippen LogP contribution >= 0.6 is 11.3 Å². The van der Waals surface area contributed by atoms with Gasteiger partial charge in [-0.15, -0.1) is 11.3 Å². The van der Waals surface area contributed by atoms with Gasteiger partial charge in [-0.1, -0.05) is 48.5 Å². The van der Waals surface area contributed by atoms with Crippen molar-refractivity contribution >= 4 is 23.2 Å². The molecule has 1 aromatic heterocycles. The third-order valence-corrected chi connectivity index (χ3v) is 6.86. The number of halogens is 1. The van der Waals surface area contributed by atoms with Crippen molar-refractivity contribution in [3.8, 4) is 0 Å². The Hall–Kier alpha value is -3.07. The zero-order valence-electron chi connectivity index (χ0n) is 19.6. The van der Waals surface area contributed by atoms with E-state index in [1.807, 2.05) is 47.8 Å². The summed E-state index contributed by atoms with van der Waals surface area (Å²) < 4.78 is 19.9. The molecule has 0 atom stereocenters. The number of benzene rings is 2. The quantitative estimate of drug-likeness (QED) is 0.428. The van der Waals surface area contributed by atoms with Gasteiger partial charge in [-0.05, 0) is 29.1 Å². The molecule has 0 N–H and O–H groups in total. The Morgan fingerprint density at radius 3 is 2.37 bits per heavy atom. The van der Waals surface area contributed by atoms with Crippen LogP contribution in [0.1, 0.15) is 20.8 Å². The fraction of sp³-hybridized carbons (Fsp3) is 0.333. The molecular weight excluding hydrogens is 465 g/mol. The number of ether oxygens (including phenoxy) is 1. The molecule has 2 amide bonds. The van der Waals surface area contributed by atoms with Crippen LogP contribution in [0.25, 0.3) is 0 Å². The summed E-state index contributed by atoms with van der Waals surface area (Å²) in [6.07, 6.45) is 0. The number of carbonyl (C=O) groups is 2. The van der Waals surface area contributed by atoms with E-state index >= 15 is 0 Å². The van der Waals surface area contributed by atoms with E-state index < -0.39 is 11.7 Å². The van der Waals surface area contributed by atoms with E-state index in [2.05, 4.69) is 4.90 Å². The van der Waals surface area contributed by atoms with Crippen LogP contribution in [0.2, 0.25) is 0 Å². The molecule has 2 aromatic carbocycles. The summed E-state index contributed by atoms with van der Waals surface area (Å²) in [5, 5.41) is 1.98. The average molecular weight is 496 g/mol. The van der Waals surface area contributed by atoms with E-state index in [0.29, 0.717) is 39.4 Å². The second-order valence-corrected chi connectivity index (χ2v) is 9.51. The molecule has 1 saturated heterocycles. The summed E-state index contributed by atoms with van der Waals surface area (Å²) >= 11 is 1.59. The number of rotatable bonds is 10. The van der Waals surface area contributed by atoms with Crippen molar-refractivity contribution in [3.63, 3.8) is 0 Å². The van der Waals surface area contributed by atoms with Crippen molar-refractivity contribution in [1.29, 1.82) is 0 Å². The van der Waals surface area contributed by atoms with E-state index in [0.717, 1.165) is 23.5 Å². The highest BCUT2D eigenvalue weighted by atomic mass is 32.1. The molecule has 4 rings (SSSR count). The highest BCUT2D eigenvalue weighted by molar-refractivity contribution is 7.09. The Morgan fingerprint density at radius 1 is 0.914 bits per heavy atom. The van der Waals surface area contributed by atoms with Gasteiger partial charge >= 0.3 is 0 Å². The standard InChI is InChI=1S/C27H30FN3O3S/c28-25-11-5-4-10-24(25)27(33)30(13-12-29-14-16-34-17-15-29)21-26(32)31(20-23-9-6-18-35-23)19-22-7-2-1-3-8-22/h1-11,18H,12-17,19-21H2. The molecule has 35 heavy (non-hydrogen) atoms. The second-order valence-electron chi connectivity index (χ2n) is 8.48. The summed E-state index contributed by atoms with van der Waals surface area (Å²) in [4.78, 5) is 33.4. The largest absolute Gasteiger partial charge is 0.379 e. The molecule has 3 aromatic rings. The molecule has 8 heteroatoms. The highest BCUT2D eigenvalue weighted by Gasteiger charge is 2.25. The van der Waals surface area contributed by atoms with Gasteiger partial charge in [-0.2, -0.15) is 0 Å². The van der Waals surface area contributed by atoms with Gasteiger partial charge in [0.05, 0.1) is 25.3 Å². The number of hydrogen-bond acceptors (Lipinski definition) is 5. The zero-order valence-corrected chi connectivity index (χ0v) is 20.5. The van der Waals surface area contributed by atoms with Crippen molar-refractivity contribution in [2.75, 3.05) is 45.9 Å². The molecular formula is C27H30FN3O3S. The Balaban J connectivity index is 1.52. The summed E-state index contributed by atoms with van der Waals surface area (Å²) in [6, 6.07) is 19.7. The van der Waals surface area contributed by atoms with Gasteiger partial charge in [-0.25, -0.2) is 4.39 Å². The molecule has 0 bridgehead atoms. The van der Waals surface area contributed by atoms with Crippen LogP contribution in [0.4, 0.5) is 4.39 Å². The van der Waals surface area contributed by atoms with E-state index in [4.69, 9.17) is 4.74 Å². The summed E-state index contributed by atoms with van der Waals surface area (Å²) in [5.41, 5.74) is 0.993. The highest BCUT2D eigenvalue weighted by Crippen LogP contribution is 2.16. The first-order chi connectivity index (χ1) is 17.1. The maximum atomic E-state index is 14.5. The van der Waals surface area contributed by atoms with Crippen molar-refractivity contribution in [2.45, 2.75) is 13.1 Å². The lowest BCUT2D eigenvalue weighted by molar-refractivity contribution is -0.133. The predicted octanol–water partition coefficient (Wildman–Crippen LogP) is 3.89. The maximum Gasteiger partial charge on any atom is 0.257 e. The summed E-state index contributed by atoms with van der Waals surface area (Å²) in [7, 11) is 0. The van der Waals surface area contributed by atoms with Crippen LogP contribution in [0.5, 0.6) is 0 Å². The molecule has 0 aliphatic carbocycles. The van der Waals surface area contributed by atoms with Gasteiger partial charge < -0.3 is 14.5 Å². The van der Waals surface area contributed by atoms with Crippen molar-refractivity contribution in [1.82, 2.24) is 14.7 Å². The van der Waals surface area contributed by atoms with Gasteiger partial charge in [0.15, 0.2) is 0 Å². The minimum Gasteiger partial charge on any atom is -0.379 e. The fourth-order valence-electron chi connectivity index (χ4n) is 4.03. The van der Waals surface area contributed by atoms with Crippen molar-refractivity contribution < 1.29 is 18.7 Å². The van der Waals surface area contributed by atoms with Gasteiger partial charge in [0.1, 0.15) is 12.4 Å². The Bertz CT molecular complexity index is 1090. The fourth-order valence-corrected chi connectivity index (χ4v) is 4.75. The molecule has 0 radical (unpaired) electrons. The number of morpholine rings is 1. The number of hydrogen-bond donors (Lipinski definition) is 0. The number of thiophene rings is 1. The minimum absolute atomic E-state index is 0.0184. The second kappa shape index (κ2) is 12.6.